The summed E-state index contributed by atoms with van der Waals surface area (Å²) in [5.74, 6) is -2.79. The topological polar surface area (TPSA) is 158 Å². The van der Waals surface area contributed by atoms with Gasteiger partial charge in [-0.1, -0.05) is 0 Å². The van der Waals surface area contributed by atoms with Crippen LogP contribution in [-0.4, -0.2) is 49.8 Å². The first kappa shape index (κ1) is 15.7. The molecule has 0 atom stereocenters. The second-order valence-electron chi connectivity index (χ2n) is 1.80. The molecule has 0 aliphatic heterocycles. The van der Waals surface area contributed by atoms with Crippen LogP contribution >= 0.6 is 0 Å². The zero-order valence-corrected chi connectivity index (χ0v) is 8.54. The van der Waals surface area contributed by atoms with Crippen molar-refractivity contribution >= 4 is 26.4 Å². The van der Waals surface area contributed by atoms with Crippen LogP contribution < -0.4 is 4.72 Å². The second kappa shape index (κ2) is 5.87. The number of rotatable bonds is 3. The molecule has 0 aromatic rings. The molecule has 4 N–H and O–H groups in total. The Labute approximate surface area is 80.4 Å². The van der Waals surface area contributed by atoms with Crippen molar-refractivity contribution in [2.24, 2.45) is 0 Å². The van der Waals surface area contributed by atoms with Crippen LogP contribution in [0.15, 0.2) is 0 Å². The van der Waals surface area contributed by atoms with Crippen LogP contribution in [0.5, 0.6) is 0 Å². The van der Waals surface area contributed by atoms with Crippen molar-refractivity contribution in [1.29, 1.82) is 0 Å². The van der Waals surface area contributed by atoms with Gasteiger partial charge in [0.1, 0.15) is 0 Å². The Morgan fingerprint density at radius 1 is 1.21 bits per heavy atom. The fourth-order valence-electron chi connectivity index (χ4n) is 0.156. The zero-order chi connectivity index (χ0) is 12.0. The summed E-state index contributed by atoms with van der Waals surface area (Å²) in [6.45, 7) is 0. The summed E-state index contributed by atoms with van der Waals surface area (Å²) in [7, 11) is -7.11. The molecule has 9 nitrogen and oxygen atoms in total. The smallest absolute Gasteiger partial charge is 0.333 e. The van der Waals surface area contributed by atoms with Gasteiger partial charge in [-0.3, -0.25) is 13.9 Å². The van der Waals surface area contributed by atoms with Crippen LogP contribution in [0.3, 0.4) is 0 Å². The van der Waals surface area contributed by atoms with Crippen molar-refractivity contribution in [3.63, 3.8) is 0 Å². The maximum Gasteiger partial charge on any atom is 0.333 e. The molecule has 0 unspecified atom stereocenters. The van der Waals surface area contributed by atoms with Gasteiger partial charge in [0.05, 0.1) is 0 Å². The molecule has 0 fully saturated rings. The molecule has 0 saturated heterocycles. The SMILES string of the molecule is CNS(=O)(=O)O.O=C(O)CS(=O)(=O)O. The van der Waals surface area contributed by atoms with E-state index in [0.29, 0.717) is 0 Å². The van der Waals surface area contributed by atoms with Crippen LogP contribution in [0.25, 0.3) is 0 Å². The molecule has 11 heteroatoms. The predicted octanol–water partition coefficient (Wildman–Crippen LogP) is -2.03. The van der Waals surface area contributed by atoms with E-state index in [4.69, 9.17) is 14.2 Å². The van der Waals surface area contributed by atoms with Crippen LogP contribution in [0, 0.1) is 0 Å². The van der Waals surface area contributed by atoms with Crippen LogP contribution in [0.2, 0.25) is 0 Å². The number of hydrogen-bond acceptors (Lipinski definition) is 5. The first-order valence-electron chi connectivity index (χ1n) is 2.81. The second-order valence-corrected chi connectivity index (χ2v) is 4.61. The molecule has 0 spiro atoms. The minimum absolute atomic E-state index is 1.12. The molecule has 0 aliphatic rings. The van der Waals surface area contributed by atoms with Crippen LogP contribution in [0.1, 0.15) is 0 Å². The lowest BCUT2D eigenvalue weighted by molar-refractivity contribution is -0.134. The molecule has 0 aliphatic carbocycles. The molecule has 14 heavy (non-hydrogen) atoms. The summed E-state index contributed by atoms with van der Waals surface area (Å²) in [5, 5.41) is 7.71. The van der Waals surface area contributed by atoms with E-state index in [1.54, 1.807) is 4.72 Å². The van der Waals surface area contributed by atoms with Gasteiger partial charge in [0, 0.05) is 7.05 Å². The highest BCUT2D eigenvalue weighted by molar-refractivity contribution is 7.86. The fraction of sp³-hybridized carbons (Fsp3) is 0.667. The Morgan fingerprint density at radius 3 is 1.50 bits per heavy atom. The lowest BCUT2D eigenvalue weighted by Crippen LogP contribution is -2.16. The van der Waals surface area contributed by atoms with Gasteiger partial charge in [0.15, 0.2) is 5.75 Å². The van der Waals surface area contributed by atoms with Crippen molar-refractivity contribution in [3.05, 3.63) is 0 Å². The third kappa shape index (κ3) is 22.5. The van der Waals surface area contributed by atoms with Gasteiger partial charge >= 0.3 is 16.3 Å². The molecule has 0 aromatic heterocycles. The minimum atomic E-state index is -4.32. The average molecular weight is 251 g/mol. The minimum Gasteiger partial charge on any atom is -0.480 e. The van der Waals surface area contributed by atoms with Crippen LogP contribution in [0.4, 0.5) is 0 Å². The van der Waals surface area contributed by atoms with Gasteiger partial charge in [0.2, 0.25) is 0 Å². The van der Waals surface area contributed by atoms with Gasteiger partial charge < -0.3 is 5.11 Å². The summed E-state index contributed by atoms with van der Waals surface area (Å²) < 4.78 is 55.2. The Morgan fingerprint density at radius 2 is 1.50 bits per heavy atom. The quantitative estimate of drug-likeness (QED) is 0.418. The van der Waals surface area contributed by atoms with E-state index in [1.807, 2.05) is 0 Å². The van der Waals surface area contributed by atoms with Gasteiger partial charge in [-0.05, 0) is 0 Å². The summed E-state index contributed by atoms with van der Waals surface area (Å²) >= 11 is 0. The van der Waals surface area contributed by atoms with E-state index in [0.717, 1.165) is 7.05 Å². The van der Waals surface area contributed by atoms with Gasteiger partial charge in [-0.2, -0.15) is 21.6 Å². The van der Waals surface area contributed by atoms with Gasteiger partial charge in [-0.15, -0.1) is 0 Å². The number of carboxylic acid groups (broad SMARTS) is 1. The Balaban J connectivity index is 0. The van der Waals surface area contributed by atoms with E-state index < -0.39 is 32.1 Å². The molecule has 0 bridgehead atoms. The highest BCUT2D eigenvalue weighted by Crippen LogP contribution is 1.78. The lowest BCUT2D eigenvalue weighted by atomic mass is 10.8. The molecule has 0 heterocycles. The third-order valence-electron chi connectivity index (χ3n) is 0.564. The fourth-order valence-corrected chi connectivity index (χ4v) is 0.468. The maximum atomic E-state index is 9.62. The predicted molar refractivity (Wildman–Crippen MR) is 44.7 cm³/mol. The molecule has 0 rings (SSSR count). The van der Waals surface area contributed by atoms with Crippen LogP contribution in [-0.2, 0) is 25.2 Å². The number of hydrogen-bond donors (Lipinski definition) is 4. The molecule has 0 amide bonds. The first-order valence-corrected chi connectivity index (χ1v) is 5.86. The number of nitrogens with one attached hydrogen (secondary N) is 1. The first-order chi connectivity index (χ1) is 5.98. The lowest BCUT2D eigenvalue weighted by Gasteiger charge is -1.85. The summed E-state index contributed by atoms with van der Waals surface area (Å²) in [6.07, 6.45) is 0. The molecule has 86 valence electrons. The monoisotopic (exact) mass is 251 g/mol. The van der Waals surface area contributed by atoms with Crippen molar-refractivity contribution in [2.45, 2.75) is 0 Å². The van der Waals surface area contributed by atoms with E-state index in [1.165, 1.54) is 0 Å². The van der Waals surface area contributed by atoms with Crippen molar-refractivity contribution in [1.82, 2.24) is 4.72 Å². The van der Waals surface area contributed by atoms with Gasteiger partial charge in [0.25, 0.3) is 10.1 Å². The number of carbonyl (C=O) groups is 1. The van der Waals surface area contributed by atoms with E-state index in [-0.39, 0.29) is 0 Å². The molecule has 0 saturated carbocycles. The number of carboxylic acids is 1. The maximum absolute atomic E-state index is 9.62. The standard InChI is InChI=1S/C2H4O5S.CH5NO3S/c3-2(4)1-8(5,6)7;1-2-6(3,4)5/h1H2,(H,3,4)(H,5,6,7);2H,1H3,(H,3,4,5). The Kier molecular flexibility index (Phi) is 6.59. The molecular weight excluding hydrogens is 242 g/mol. The highest BCUT2D eigenvalue weighted by atomic mass is 32.2. The van der Waals surface area contributed by atoms with Crippen molar-refractivity contribution in [3.8, 4) is 0 Å². The van der Waals surface area contributed by atoms with Crippen molar-refractivity contribution in [2.75, 3.05) is 12.8 Å². The number of aliphatic carboxylic acids is 1. The molecule has 0 aromatic carbocycles. The van der Waals surface area contributed by atoms with E-state index in [9.17, 15) is 21.6 Å². The normalized spacial score (nSPS) is 11.4. The highest BCUT2D eigenvalue weighted by Gasteiger charge is 2.09. The van der Waals surface area contributed by atoms with Gasteiger partial charge in [-0.25, -0.2) is 0 Å². The van der Waals surface area contributed by atoms with E-state index in [2.05, 4.69) is 0 Å². The third-order valence-corrected chi connectivity index (χ3v) is 1.69. The molecule has 0 radical (unpaired) electrons. The summed E-state index contributed by atoms with van der Waals surface area (Å²) in [5.41, 5.74) is 0. The molecular formula is C3H9NO8S2. The average Bonchev–Trinajstić information content (AvgIpc) is 1.81. The van der Waals surface area contributed by atoms with E-state index >= 15 is 0 Å². The Bertz CT molecular complexity index is 365. The summed E-state index contributed by atoms with van der Waals surface area (Å²) in [6, 6.07) is 0. The largest absolute Gasteiger partial charge is 0.480 e. The van der Waals surface area contributed by atoms with Crippen molar-refractivity contribution < 1.29 is 35.8 Å². The Hall–Kier alpha value is -0.750. The summed E-state index contributed by atoms with van der Waals surface area (Å²) in [4.78, 5) is 9.48. The zero-order valence-electron chi connectivity index (χ0n) is 6.91.